The maximum absolute atomic E-state index is 12.0. The van der Waals surface area contributed by atoms with Crippen LogP contribution in [0.1, 0.15) is 15.9 Å². The second kappa shape index (κ2) is 5.20. The van der Waals surface area contributed by atoms with Gasteiger partial charge in [-0.1, -0.05) is 17.7 Å². The summed E-state index contributed by atoms with van der Waals surface area (Å²) in [7, 11) is 0. The van der Waals surface area contributed by atoms with Crippen LogP contribution in [-0.4, -0.2) is 11.0 Å². The van der Waals surface area contributed by atoms with Gasteiger partial charge in [0.05, 0.1) is 5.56 Å². The number of phenolic OH excluding ortho intramolecular Hbond substituents is 1. The minimum atomic E-state index is -0.441. The summed E-state index contributed by atoms with van der Waals surface area (Å²) < 4.78 is 0. The molecule has 2 aromatic rings. The van der Waals surface area contributed by atoms with Crippen molar-refractivity contribution < 1.29 is 9.90 Å². The Morgan fingerprint density at radius 3 is 2.68 bits per heavy atom. The largest absolute Gasteiger partial charge is 0.507 e. The fourth-order valence-corrected chi connectivity index (χ4v) is 1.78. The highest BCUT2D eigenvalue weighted by atomic mass is 35.5. The Balaban J connectivity index is 2.25. The van der Waals surface area contributed by atoms with Crippen molar-refractivity contribution in [1.82, 2.24) is 0 Å². The Morgan fingerprint density at radius 1 is 1.26 bits per heavy atom. The van der Waals surface area contributed by atoms with E-state index in [0.717, 1.165) is 5.56 Å². The summed E-state index contributed by atoms with van der Waals surface area (Å²) in [6.07, 6.45) is 0. The number of carbonyl (C=O) groups excluding carboxylic acids is 1. The number of benzene rings is 2. The number of carbonyl (C=O) groups is 1. The summed E-state index contributed by atoms with van der Waals surface area (Å²) >= 11 is 5.80. The molecular weight excluding hydrogens is 264 g/mol. The van der Waals surface area contributed by atoms with Gasteiger partial charge in [-0.2, -0.15) is 0 Å². The minimum absolute atomic E-state index is 0.117. The van der Waals surface area contributed by atoms with Crippen LogP contribution in [0, 0.1) is 6.92 Å². The molecule has 98 valence electrons. The number of nitrogens with two attached hydrogens (primary N) is 1. The molecule has 0 spiro atoms. The van der Waals surface area contributed by atoms with Crippen LogP contribution in [0.15, 0.2) is 36.4 Å². The Hall–Kier alpha value is -2.20. The average molecular weight is 277 g/mol. The number of aromatic hydroxyl groups is 1. The topological polar surface area (TPSA) is 75.3 Å². The molecule has 2 aromatic carbocycles. The van der Waals surface area contributed by atoms with Gasteiger partial charge in [-0.3, -0.25) is 4.79 Å². The van der Waals surface area contributed by atoms with Gasteiger partial charge in [0.15, 0.2) is 0 Å². The second-order valence-electron chi connectivity index (χ2n) is 4.19. The lowest BCUT2D eigenvalue weighted by Crippen LogP contribution is -2.12. The number of amides is 1. The van der Waals surface area contributed by atoms with Crippen molar-refractivity contribution in [3.8, 4) is 5.75 Å². The zero-order valence-corrected chi connectivity index (χ0v) is 11.0. The molecule has 0 aliphatic carbocycles. The number of nitrogens with one attached hydrogen (secondary N) is 1. The number of aryl methyl sites for hydroxylation is 1. The van der Waals surface area contributed by atoms with Crippen molar-refractivity contribution in [3.63, 3.8) is 0 Å². The first-order valence-electron chi connectivity index (χ1n) is 5.63. The summed E-state index contributed by atoms with van der Waals surface area (Å²) in [5.41, 5.74) is 7.97. The van der Waals surface area contributed by atoms with Crippen LogP contribution in [0.4, 0.5) is 11.4 Å². The van der Waals surface area contributed by atoms with Gasteiger partial charge in [-0.15, -0.1) is 0 Å². The number of anilines is 2. The van der Waals surface area contributed by atoms with E-state index >= 15 is 0 Å². The van der Waals surface area contributed by atoms with Crippen molar-refractivity contribution in [2.75, 3.05) is 11.1 Å². The smallest absolute Gasteiger partial charge is 0.259 e. The van der Waals surface area contributed by atoms with Crippen LogP contribution >= 0.6 is 11.6 Å². The van der Waals surface area contributed by atoms with Gasteiger partial charge >= 0.3 is 0 Å². The predicted molar refractivity (Wildman–Crippen MR) is 76.7 cm³/mol. The van der Waals surface area contributed by atoms with Gasteiger partial charge in [0, 0.05) is 16.4 Å². The fourth-order valence-electron chi connectivity index (χ4n) is 1.61. The van der Waals surface area contributed by atoms with Gasteiger partial charge in [0.1, 0.15) is 5.75 Å². The molecule has 0 aliphatic heterocycles. The van der Waals surface area contributed by atoms with E-state index in [1.807, 2.05) is 13.0 Å². The Labute approximate surface area is 115 Å². The SMILES string of the molecule is Cc1ccc(NC(=O)c2cc(Cl)ccc2O)cc1N. The van der Waals surface area contributed by atoms with Crippen LogP contribution in [0.3, 0.4) is 0 Å². The van der Waals surface area contributed by atoms with Crippen molar-refractivity contribution in [2.24, 2.45) is 0 Å². The normalized spacial score (nSPS) is 10.2. The van der Waals surface area contributed by atoms with Crippen LogP contribution < -0.4 is 11.1 Å². The van der Waals surface area contributed by atoms with Crippen molar-refractivity contribution in [1.29, 1.82) is 0 Å². The predicted octanol–water partition coefficient (Wildman–Crippen LogP) is 3.19. The fraction of sp³-hybridized carbons (Fsp3) is 0.0714. The quantitative estimate of drug-likeness (QED) is 0.737. The van der Waals surface area contributed by atoms with Crippen LogP contribution in [0.5, 0.6) is 5.75 Å². The van der Waals surface area contributed by atoms with E-state index in [9.17, 15) is 9.90 Å². The summed E-state index contributed by atoms with van der Waals surface area (Å²) in [5.74, 6) is -0.565. The molecule has 0 unspecified atom stereocenters. The number of hydrogen-bond acceptors (Lipinski definition) is 3. The summed E-state index contributed by atoms with van der Waals surface area (Å²) in [6, 6.07) is 9.50. The summed E-state index contributed by atoms with van der Waals surface area (Å²) in [6.45, 7) is 1.88. The van der Waals surface area contributed by atoms with Gasteiger partial charge in [-0.25, -0.2) is 0 Å². The molecule has 5 heteroatoms. The summed E-state index contributed by atoms with van der Waals surface area (Å²) in [5, 5.41) is 12.7. The van der Waals surface area contributed by atoms with Crippen molar-refractivity contribution >= 4 is 28.9 Å². The van der Waals surface area contributed by atoms with Gasteiger partial charge in [0.2, 0.25) is 0 Å². The number of nitrogen functional groups attached to an aromatic ring is 1. The standard InChI is InChI=1S/C14H13ClN2O2/c1-8-2-4-10(7-12(8)16)17-14(19)11-6-9(15)3-5-13(11)18/h2-7,18H,16H2,1H3,(H,17,19). The monoisotopic (exact) mass is 276 g/mol. The molecule has 0 saturated heterocycles. The van der Waals surface area contributed by atoms with Crippen LogP contribution in [0.25, 0.3) is 0 Å². The maximum Gasteiger partial charge on any atom is 0.259 e. The molecule has 0 radical (unpaired) electrons. The number of hydrogen-bond donors (Lipinski definition) is 3. The molecular formula is C14H13ClN2O2. The number of rotatable bonds is 2. The molecule has 4 nitrogen and oxygen atoms in total. The molecule has 4 N–H and O–H groups in total. The van der Waals surface area contributed by atoms with E-state index in [1.54, 1.807) is 12.1 Å². The zero-order valence-electron chi connectivity index (χ0n) is 10.3. The Kier molecular flexibility index (Phi) is 3.62. The first-order valence-corrected chi connectivity index (χ1v) is 6.01. The molecule has 0 aromatic heterocycles. The molecule has 2 rings (SSSR count). The van der Waals surface area contributed by atoms with Gasteiger partial charge in [-0.05, 0) is 42.8 Å². The average Bonchev–Trinajstić information content (AvgIpc) is 2.36. The lowest BCUT2D eigenvalue weighted by molar-refractivity contribution is 0.102. The first kappa shape index (κ1) is 13.2. The highest BCUT2D eigenvalue weighted by molar-refractivity contribution is 6.31. The molecule has 0 saturated carbocycles. The molecule has 1 amide bonds. The van der Waals surface area contributed by atoms with E-state index in [1.165, 1.54) is 18.2 Å². The van der Waals surface area contributed by atoms with Gasteiger partial charge in [0.25, 0.3) is 5.91 Å². The highest BCUT2D eigenvalue weighted by Crippen LogP contribution is 2.23. The van der Waals surface area contributed by atoms with Crippen LogP contribution in [0.2, 0.25) is 5.02 Å². The van der Waals surface area contributed by atoms with E-state index in [0.29, 0.717) is 16.4 Å². The molecule has 0 atom stereocenters. The minimum Gasteiger partial charge on any atom is -0.507 e. The van der Waals surface area contributed by atoms with E-state index in [2.05, 4.69) is 5.32 Å². The Bertz CT molecular complexity index is 641. The third-order valence-corrected chi connectivity index (χ3v) is 2.98. The molecule has 0 heterocycles. The van der Waals surface area contributed by atoms with E-state index in [4.69, 9.17) is 17.3 Å². The van der Waals surface area contributed by atoms with Crippen molar-refractivity contribution in [3.05, 3.63) is 52.5 Å². The number of halogens is 1. The maximum atomic E-state index is 12.0. The molecule has 19 heavy (non-hydrogen) atoms. The lowest BCUT2D eigenvalue weighted by Gasteiger charge is -2.09. The lowest BCUT2D eigenvalue weighted by atomic mass is 10.1. The van der Waals surface area contributed by atoms with E-state index < -0.39 is 5.91 Å². The van der Waals surface area contributed by atoms with Crippen LogP contribution in [-0.2, 0) is 0 Å². The van der Waals surface area contributed by atoms with Gasteiger partial charge < -0.3 is 16.2 Å². The molecule has 0 aliphatic rings. The van der Waals surface area contributed by atoms with E-state index in [-0.39, 0.29) is 11.3 Å². The highest BCUT2D eigenvalue weighted by Gasteiger charge is 2.12. The molecule has 0 fully saturated rings. The first-order chi connectivity index (χ1) is 8.97. The number of phenols is 1. The third-order valence-electron chi connectivity index (χ3n) is 2.74. The second-order valence-corrected chi connectivity index (χ2v) is 4.62. The third kappa shape index (κ3) is 2.98. The zero-order chi connectivity index (χ0) is 14.0. The summed E-state index contributed by atoms with van der Waals surface area (Å²) in [4.78, 5) is 12.0. The van der Waals surface area contributed by atoms with Crippen molar-refractivity contribution in [2.45, 2.75) is 6.92 Å². The molecule has 0 bridgehead atoms. The Morgan fingerprint density at radius 2 is 2.00 bits per heavy atom.